The van der Waals surface area contributed by atoms with Crippen LogP contribution >= 0.6 is 0 Å². The van der Waals surface area contributed by atoms with Crippen molar-refractivity contribution in [2.45, 2.75) is 20.8 Å². The van der Waals surface area contributed by atoms with E-state index < -0.39 is 5.09 Å². The summed E-state index contributed by atoms with van der Waals surface area (Å²) in [6, 6.07) is 0. The molecule has 0 aromatic carbocycles. The van der Waals surface area contributed by atoms with E-state index in [1.165, 1.54) is 19.6 Å². The summed E-state index contributed by atoms with van der Waals surface area (Å²) in [5, 5.41) is 14.8. The molecule has 0 aromatic heterocycles. The first-order valence-electron chi connectivity index (χ1n) is 3.73. The first kappa shape index (κ1) is 12.8. The lowest BCUT2D eigenvalue weighted by Crippen LogP contribution is -3.11. The first-order chi connectivity index (χ1) is 5.08. The van der Waals surface area contributed by atoms with E-state index in [1.54, 1.807) is 4.90 Å². The van der Waals surface area contributed by atoms with Crippen molar-refractivity contribution < 1.29 is 9.99 Å². The number of nitrogens with zero attached hydrogens (tertiary/aromatic N) is 1. The molecule has 0 amide bonds. The Labute approximate surface area is 66.7 Å². The van der Waals surface area contributed by atoms with Crippen molar-refractivity contribution in [3.8, 4) is 0 Å². The third kappa shape index (κ3) is 17.6. The minimum Gasteiger partial charge on any atom is -0.356 e. The molecule has 5 heteroatoms. The minimum atomic E-state index is -1.75. The van der Waals surface area contributed by atoms with E-state index in [1.807, 2.05) is 0 Å². The van der Waals surface area contributed by atoms with Gasteiger partial charge in [-0.2, -0.15) is 0 Å². The minimum absolute atomic E-state index is 1.27. The normalized spacial score (nSPS) is 8.73. The summed E-state index contributed by atoms with van der Waals surface area (Å²) in [7, 11) is 0. The highest BCUT2D eigenvalue weighted by Crippen LogP contribution is 1.45. The summed E-state index contributed by atoms with van der Waals surface area (Å²) in [5.74, 6) is 0. The molecule has 1 N–H and O–H groups in total. The van der Waals surface area contributed by atoms with Crippen molar-refractivity contribution in [2.24, 2.45) is 0 Å². The third-order valence-electron chi connectivity index (χ3n) is 1.50. The van der Waals surface area contributed by atoms with Gasteiger partial charge in [0.2, 0.25) is 0 Å². The van der Waals surface area contributed by atoms with Gasteiger partial charge in [0.25, 0.3) is 0 Å². The molecule has 0 bridgehead atoms. The maximum absolute atomic E-state index is 8.25. The van der Waals surface area contributed by atoms with E-state index in [-0.39, 0.29) is 0 Å². The largest absolute Gasteiger partial charge is 0.356 e. The van der Waals surface area contributed by atoms with Crippen LogP contribution in [0.4, 0.5) is 0 Å². The highest BCUT2D eigenvalue weighted by molar-refractivity contribution is 4.11. The Kier molecular flexibility index (Phi) is 10.7. The van der Waals surface area contributed by atoms with Crippen LogP contribution in [0.1, 0.15) is 20.8 Å². The fraction of sp³-hybridized carbons (Fsp3) is 1.00. The number of hydrogen-bond acceptors (Lipinski definition) is 3. The van der Waals surface area contributed by atoms with Gasteiger partial charge in [0.15, 0.2) is 0 Å². The quantitative estimate of drug-likeness (QED) is 0.459. The van der Waals surface area contributed by atoms with Crippen LogP contribution in [0.3, 0.4) is 0 Å². The molecule has 68 valence electrons. The summed E-state index contributed by atoms with van der Waals surface area (Å²) >= 11 is 0. The molecular weight excluding hydrogens is 148 g/mol. The van der Waals surface area contributed by atoms with Crippen LogP contribution in [0.15, 0.2) is 0 Å². The average Bonchev–Trinajstić information content (AvgIpc) is 1.90. The molecule has 0 aromatic rings. The van der Waals surface area contributed by atoms with Crippen LogP contribution in [-0.2, 0) is 0 Å². The van der Waals surface area contributed by atoms with Gasteiger partial charge in [0.1, 0.15) is 0 Å². The second-order valence-electron chi connectivity index (χ2n) is 2.03. The van der Waals surface area contributed by atoms with Gasteiger partial charge in [-0.15, -0.1) is 0 Å². The molecule has 0 aliphatic heterocycles. The van der Waals surface area contributed by atoms with Crippen LogP contribution < -0.4 is 4.90 Å². The molecule has 0 aliphatic carbocycles. The van der Waals surface area contributed by atoms with Gasteiger partial charge < -0.3 is 20.2 Å². The molecule has 5 nitrogen and oxygen atoms in total. The lowest BCUT2D eigenvalue weighted by Gasteiger charge is -2.10. The van der Waals surface area contributed by atoms with Crippen LogP contribution in [-0.4, -0.2) is 24.7 Å². The van der Waals surface area contributed by atoms with E-state index in [9.17, 15) is 0 Å². The number of rotatable bonds is 3. The van der Waals surface area contributed by atoms with E-state index in [4.69, 9.17) is 15.3 Å². The zero-order chi connectivity index (χ0) is 9.28. The summed E-state index contributed by atoms with van der Waals surface area (Å²) in [6.45, 7) is 10.5. The van der Waals surface area contributed by atoms with Crippen LogP contribution in [0.2, 0.25) is 0 Å². The topological polar surface area (TPSA) is 70.6 Å². The predicted octanol–water partition coefficient (Wildman–Crippen LogP) is -0.308. The van der Waals surface area contributed by atoms with Gasteiger partial charge in [-0.05, 0) is 20.8 Å². The lowest BCUT2D eigenvalue weighted by molar-refractivity contribution is -0.894. The van der Waals surface area contributed by atoms with Crippen LogP contribution in [0.25, 0.3) is 0 Å². The second-order valence-corrected chi connectivity index (χ2v) is 2.03. The average molecular weight is 164 g/mol. The summed E-state index contributed by atoms with van der Waals surface area (Å²) in [4.78, 5) is 9.93. The predicted molar refractivity (Wildman–Crippen MR) is 42.9 cm³/mol. The van der Waals surface area contributed by atoms with E-state index in [0.29, 0.717) is 0 Å². The Hall–Kier alpha value is -0.840. The zero-order valence-corrected chi connectivity index (χ0v) is 7.29. The van der Waals surface area contributed by atoms with Crippen LogP contribution in [0, 0.1) is 15.3 Å². The summed E-state index contributed by atoms with van der Waals surface area (Å²) in [6.07, 6.45) is 0. The van der Waals surface area contributed by atoms with E-state index in [2.05, 4.69) is 20.8 Å². The molecule has 0 saturated carbocycles. The van der Waals surface area contributed by atoms with Gasteiger partial charge in [-0.25, -0.2) is 0 Å². The van der Waals surface area contributed by atoms with Crippen molar-refractivity contribution in [3.63, 3.8) is 0 Å². The number of hydrogen-bond donors (Lipinski definition) is 1. The molecule has 11 heavy (non-hydrogen) atoms. The smallest absolute Gasteiger partial charge is 0.0742 e. The maximum atomic E-state index is 8.25. The highest BCUT2D eigenvalue weighted by atomic mass is 16.9. The molecule has 0 fully saturated rings. The van der Waals surface area contributed by atoms with E-state index >= 15 is 0 Å². The Morgan fingerprint density at radius 3 is 1.27 bits per heavy atom. The highest BCUT2D eigenvalue weighted by Gasteiger charge is 1.92. The first-order valence-corrected chi connectivity index (χ1v) is 3.73. The standard InChI is InChI=1S/C6H15N.NO3/c1-4-7(5-2)6-3;2-1(3)4/h4-6H2,1-3H3;/q;-1/p+1. The van der Waals surface area contributed by atoms with Gasteiger partial charge in [0, 0.05) is 0 Å². The van der Waals surface area contributed by atoms with E-state index in [0.717, 1.165) is 0 Å². The molecule has 0 heterocycles. The Morgan fingerprint density at radius 1 is 1.09 bits per heavy atom. The van der Waals surface area contributed by atoms with Crippen LogP contribution in [0.5, 0.6) is 0 Å². The number of quaternary nitrogens is 1. The van der Waals surface area contributed by atoms with Crippen molar-refractivity contribution in [1.82, 2.24) is 0 Å². The summed E-state index contributed by atoms with van der Waals surface area (Å²) in [5.41, 5.74) is 0. The molecule has 0 saturated heterocycles. The van der Waals surface area contributed by atoms with Crippen molar-refractivity contribution in [1.29, 1.82) is 0 Å². The molecule has 0 spiro atoms. The van der Waals surface area contributed by atoms with Crippen molar-refractivity contribution >= 4 is 0 Å². The SMILES string of the molecule is CC[NH+](CC)CC.O=[N+]([O-])[O-]. The Morgan fingerprint density at radius 2 is 1.27 bits per heavy atom. The fourth-order valence-corrected chi connectivity index (χ4v) is 0.750. The zero-order valence-electron chi connectivity index (χ0n) is 7.29. The third-order valence-corrected chi connectivity index (χ3v) is 1.50. The molecule has 0 atom stereocenters. The van der Waals surface area contributed by atoms with Gasteiger partial charge in [0.05, 0.1) is 24.7 Å². The van der Waals surface area contributed by atoms with Crippen molar-refractivity contribution in [3.05, 3.63) is 15.3 Å². The molecule has 0 unspecified atom stereocenters. The monoisotopic (exact) mass is 164 g/mol. The Balaban J connectivity index is 0. The summed E-state index contributed by atoms with van der Waals surface area (Å²) < 4.78 is 0. The molecule has 0 radical (unpaired) electrons. The Bertz CT molecular complexity index is 84.3. The van der Waals surface area contributed by atoms with Gasteiger partial charge in [-0.3, -0.25) is 0 Å². The van der Waals surface area contributed by atoms with Gasteiger partial charge >= 0.3 is 0 Å². The molecule has 0 rings (SSSR count). The maximum Gasteiger partial charge on any atom is 0.0742 e. The molecule has 0 aliphatic rings. The second kappa shape index (κ2) is 9.16. The van der Waals surface area contributed by atoms with Crippen molar-refractivity contribution in [2.75, 3.05) is 19.6 Å². The molecular formula is C6H16N2O3. The fourth-order valence-electron chi connectivity index (χ4n) is 0.750. The number of nitrogens with one attached hydrogen (secondary N) is 1. The van der Waals surface area contributed by atoms with Gasteiger partial charge in [-0.1, -0.05) is 0 Å². The lowest BCUT2D eigenvalue weighted by atomic mass is 10.5.